The Balaban J connectivity index is 4.17. The molecule has 5 heteroatoms. The lowest BCUT2D eigenvalue weighted by Crippen LogP contribution is -2.39. The fourth-order valence-corrected chi connectivity index (χ4v) is 1.48. The van der Waals surface area contributed by atoms with Gasteiger partial charge in [-0.25, -0.2) is 0 Å². The van der Waals surface area contributed by atoms with Crippen molar-refractivity contribution in [2.75, 3.05) is 19.6 Å². The van der Waals surface area contributed by atoms with Gasteiger partial charge in [-0.05, 0) is 5.92 Å². The zero-order valence-electron chi connectivity index (χ0n) is 11.2. The van der Waals surface area contributed by atoms with Crippen LogP contribution >= 0.6 is 0 Å². The zero-order valence-corrected chi connectivity index (χ0v) is 11.2. The van der Waals surface area contributed by atoms with Crippen molar-refractivity contribution in [3.05, 3.63) is 0 Å². The number of carboxylic acids is 1. The number of rotatable bonds is 8. The Hall–Kier alpha value is -1.10. The zero-order chi connectivity index (χ0) is 13.4. The van der Waals surface area contributed by atoms with Gasteiger partial charge >= 0.3 is 5.97 Å². The van der Waals surface area contributed by atoms with Gasteiger partial charge in [0.1, 0.15) is 6.54 Å². The van der Waals surface area contributed by atoms with Gasteiger partial charge < -0.3 is 15.3 Å². The summed E-state index contributed by atoms with van der Waals surface area (Å²) < 4.78 is 0. The molecule has 0 spiro atoms. The maximum atomic E-state index is 11.8. The van der Waals surface area contributed by atoms with E-state index in [2.05, 4.69) is 5.32 Å². The standard InChI is InChI=1S/C12H24N2O3/c1-9(2)7-14(8-12(16)17)11(15)5-6-13-10(3)4/h9-10,13H,5-8H2,1-4H3,(H,16,17). The largest absolute Gasteiger partial charge is 0.480 e. The maximum absolute atomic E-state index is 11.8. The minimum absolute atomic E-state index is 0.103. The number of hydrogen-bond donors (Lipinski definition) is 2. The number of nitrogens with zero attached hydrogens (tertiary/aromatic N) is 1. The van der Waals surface area contributed by atoms with Crippen molar-refractivity contribution in [2.45, 2.75) is 40.2 Å². The lowest BCUT2D eigenvalue weighted by Gasteiger charge is -2.23. The molecule has 0 radical (unpaired) electrons. The maximum Gasteiger partial charge on any atom is 0.323 e. The second-order valence-corrected chi connectivity index (χ2v) is 4.92. The van der Waals surface area contributed by atoms with Crippen LogP contribution in [-0.2, 0) is 9.59 Å². The fourth-order valence-electron chi connectivity index (χ4n) is 1.48. The summed E-state index contributed by atoms with van der Waals surface area (Å²) in [6.07, 6.45) is 0.345. The molecule has 1 amide bonds. The molecule has 0 heterocycles. The van der Waals surface area contributed by atoms with Crippen LogP contribution in [0.2, 0.25) is 0 Å². The average molecular weight is 244 g/mol. The van der Waals surface area contributed by atoms with E-state index in [4.69, 9.17) is 5.11 Å². The number of aliphatic carboxylic acids is 1. The fraction of sp³-hybridized carbons (Fsp3) is 0.833. The van der Waals surface area contributed by atoms with Gasteiger partial charge in [0.15, 0.2) is 0 Å². The van der Waals surface area contributed by atoms with Gasteiger partial charge in [-0.3, -0.25) is 9.59 Å². The Labute approximate surface area is 103 Å². The molecule has 0 saturated carbocycles. The van der Waals surface area contributed by atoms with Crippen molar-refractivity contribution >= 4 is 11.9 Å². The average Bonchev–Trinajstić information content (AvgIpc) is 2.14. The number of carboxylic acid groups (broad SMARTS) is 1. The molecule has 2 N–H and O–H groups in total. The Kier molecular flexibility index (Phi) is 7.54. The first-order valence-corrected chi connectivity index (χ1v) is 6.05. The van der Waals surface area contributed by atoms with E-state index in [9.17, 15) is 9.59 Å². The SMILES string of the molecule is CC(C)CN(CC(=O)O)C(=O)CCNC(C)C. The van der Waals surface area contributed by atoms with Crippen molar-refractivity contribution in [1.82, 2.24) is 10.2 Å². The van der Waals surface area contributed by atoms with Crippen molar-refractivity contribution in [2.24, 2.45) is 5.92 Å². The molecule has 0 aromatic carbocycles. The van der Waals surface area contributed by atoms with Crippen LogP contribution in [0.15, 0.2) is 0 Å². The van der Waals surface area contributed by atoms with E-state index in [1.165, 1.54) is 4.90 Å². The molecule has 0 aliphatic rings. The Morgan fingerprint density at radius 1 is 1.24 bits per heavy atom. The molecular formula is C12H24N2O3. The van der Waals surface area contributed by atoms with E-state index in [-0.39, 0.29) is 18.4 Å². The predicted molar refractivity (Wildman–Crippen MR) is 66.8 cm³/mol. The summed E-state index contributed by atoms with van der Waals surface area (Å²) >= 11 is 0. The lowest BCUT2D eigenvalue weighted by molar-refractivity contribution is -0.144. The van der Waals surface area contributed by atoms with Gasteiger partial charge in [0.25, 0.3) is 0 Å². The van der Waals surface area contributed by atoms with Crippen molar-refractivity contribution in [3.8, 4) is 0 Å². The minimum atomic E-state index is -0.962. The molecular weight excluding hydrogens is 220 g/mol. The molecule has 0 aliphatic carbocycles. The molecule has 17 heavy (non-hydrogen) atoms. The third kappa shape index (κ3) is 8.68. The number of carbonyl (C=O) groups is 2. The van der Waals surface area contributed by atoms with Crippen LogP contribution in [0.25, 0.3) is 0 Å². The summed E-state index contributed by atoms with van der Waals surface area (Å²) in [5, 5.41) is 11.9. The predicted octanol–water partition coefficient (Wildman–Crippen LogP) is 0.944. The highest BCUT2D eigenvalue weighted by Crippen LogP contribution is 2.01. The molecule has 0 atom stereocenters. The lowest BCUT2D eigenvalue weighted by atomic mass is 10.2. The molecule has 5 nitrogen and oxygen atoms in total. The van der Waals surface area contributed by atoms with Crippen LogP contribution in [0.1, 0.15) is 34.1 Å². The normalized spacial score (nSPS) is 10.9. The van der Waals surface area contributed by atoms with Crippen LogP contribution < -0.4 is 5.32 Å². The molecule has 0 aliphatic heterocycles. The molecule has 0 fully saturated rings. The second kappa shape index (κ2) is 8.06. The molecule has 0 aromatic heterocycles. The van der Waals surface area contributed by atoms with Crippen LogP contribution in [0, 0.1) is 5.92 Å². The molecule has 0 rings (SSSR count). The first-order chi connectivity index (χ1) is 7.82. The number of carbonyl (C=O) groups excluding carboxylic acids is 1. The quantitative estimate of drug-likeness (QED) is 0.667. The highest BCUT2D eigenvalue weighted by atomic mass is 16.4. The van der Waals surface area contributed by atoms with Crippen molar-refractivity contribution < 1.29 is 14.7 Å². The molecule has 0 bridgehead atoms. The summed E-state index contributed by atoms with van der Waals surface area (Å²) in [5.41, 5.74) is 0. The van der Waals surface area contributed by atoms with E-state index in [1.54, 1.807) is 0 Å². The van der Waals surface area contributed by atoms with Crippen LogP contribution in [0.3, 0.4) is 0 Å². The molecule has 100 valence electrons. The van der Waals surface area contributed by atoms with Gasteiger partial charge in [0.2, 0.25) is 5.91 Å². The highest BCUT2D eigenvalue weighted by Gasteiger charge is 2.17. The first kappa shape index (κ1) is 15.9. The molecule has 0 unspecified atom stereocenters. The summed E-state index contributed by atoms with van der Waals surface area (Å²) in [6, 6.07) is 0.334. The van der Waals surface area contributed by atoms with E-state index < -0.39 is 5.97 Å². The topological polar surface area (TPSA) is 69.6 Å². The van der Waals surface area contributed by atoms with Gasteiger partial charge in [0.05, 0.1) is 0 Å². The summed E-state index contributed by atoms with van der Waals surface area (Å²) in [7, 11) is 0. The Bertz CT molecular complexity index is 252. The third-order valence-corrected chi connectivity index (χ3v) is 2.16. The Morgan fingerprint density at radius 3 is 2.24 bits per heavy atom. The summed E-state index contributed by atoms with van der Waals surface area (Å²) in [6.45, 7) is 8.82. The van der Waals surface area contributed by atoms with Crippen LogP contribution in [-0.4, -0.2) is 47.6 Å². The summed E-state index contributed by atoms with van der Waals surface area (Å²) in [4.78, 5) is 23.9. The van der Waals surface area contributed by atoms with Gasteiger partial charge in [0, 0.05) is 25.6 Å². The Morgan fingerprint density at radius 2 is 1.82 bits per heavy atom. The van der Waals surface area contributed by atoms with Gasteiger partial charge in [-0.1, -0.05) is 27.7 Å². The number of amides is 1. The minimum Gasteiger partial charge on any atom is -0.480 e. The van der Waals surface area contributed by atoms with Crippen LogP contribution in [0.5, 0.6) is 0 Å². The van der Waals surface area contributed by atoms with Gasteiger partial charge in [-0.2, -0.15) is 0 Å². The molecule has 0 aromatic rings. The van der Waals surface area contributed by atoms with Gasteiger partial charge in [-0.15, -0.1) is 0 Å². The number of nitrogens with one attached hydrogen (secondary N) is 1. The smallest absolute Gasteiger partial charge is 0.323 e. The van der Waals surface area contributed by atoms with E-state index in [0.29, 0.717) is 25.6 Å². The highest BCUT2D eigenvalue weighted by molar-refractivity contribution is 5.81. The number of hydrogen-bond acceptors (Lipinski definition) is 3. The van der Waals surface area contributed by atoms with E-state index in [1.807, 2.05) is 27.7 Å². The molecule has 0 saturated heterocycles. The summed E-state index contributed by atoms with van der Waals surface area (Å²) in [5.74, 6) is -0.790. The monoisotopic (exact) mass is 244 g/mol. The van der Waals surface area contributed by atoms with Crippen molar-refractivity contribution in [3.63, 3.8) is 0 Å². The van der Waals surface area contributed by atoms with Crippen molar-refractivity contribution in [1.29, 1.82) is 0 Å². The third-order valence-electron chi connectivity index (χ3n) is 2.16. The van der Waals surface area contributed by atoms with E-state index in [0.717, 1.165) is 0 Å². The second-order valence-electron chi connectivity index (χ2n) is 4.92. The first-order valence-electron chi connectivity index (χ1n) is 6.05. The van der Waals surface area contributed by atoms with E-state index >= 15 is 0 Å². The van der Waals surface area contributed by atoms with Crippen LogP contribution in [0.4, 0.5) is 0 Å².